The minimum atomic E-state index is 0.692. The van der Waals surface area contributed by atoms with E-state index in [1.165, 1.54) is 77.8 Å². The van der Waals surface area contributed by atoms with Crippen LogP contribution in [0.2, 0.25) is 0 Å². The van der Waals surface area contributed by atoms with E-state index in [0.717, 1.165) is 6.04 Å². The third-order valence-electron chi connectivity index (χ3n) is 4.76. The van der Waals surface area contributed by atoms with Crippen LogP contribution < -0.4 is 5.32 Å². The summed E-state index contributed by atoms with van der Waals surface area (Å²) in [6.45, 7) is 12.4. The van der Waals surface area contributed by atoms with Crippen LogP contribution >= 0.6 is 0 Å². The van der Waals surface area contributed by atoms with Crippen LogP contribution in [0, 0.1) is 0 Å². The van der Waals surface area contributed by atoms with Gasteiger partial charge in [-0.15, -0.1) is 0 Å². The highest BCUT2D eigenvalue weighted by molar-refractivity contribution is 4.85. The molecule has 3 nitrogen and oxygen atoms in total. The molecule has 2 aliphatic heterocycles. The van der Waals surface area contributed by atoms with Crippen molar-refractivity contribution in [2.45, 2.75) is 64.5 Å². The zero-order valence-electron chi connectivity index (χ0n) is 13.0. The Bertz CT molecular complexity index is 238. The van der Waals surface area contributed by atoms with Gasteiger partial charge in [0.05, 0.1) is 0 Å². The number of likely N-dealkylation sites (tertiary alicyclic amines) is 2. The molecule has 2 atom stereocenters. The molecule has 2 heterocycles. The number of rotatable bonds is 8. The lowest BCUT2D eigenvalue weighted by Gasteiger charge is -2.24. The predicted octanol–water partition coefficient (Wildman–Crippen LogP) is 2.32. The van der Waals surface area contributed by atoms with Crippen LogP contribution in [0.25, 0.3) is 0 Å². The molecule has 0 radical (unpaired) electrons. The summed E-state index contributed by atoms with van der Waals surface area (Å²) in [6, 6.07) is 1.56. The first-order valence-corrected chi connectivity index (χ1v) is 8.49. The first kappa shape index (κ1) is 15.3. The Balaban J connectivity index is 1.55. The van der Waals surface area contributed by atoms with Gasteiger partial charge in [-0.05, 0) is 78.2 Å². The molecule has 1 N–H and O–H groups in total. The van der Waals surface area contributed by atoms with Gasteiger partial charge in [-0.3, -0.25) is 4.90 Å². The SMILES string of the molecule is CCCNC(C)CCCN1CCC(N2CCCC2)C1. The number of nitrogens with zero attached hydrogens (tertiary/aromatic N) is 2. The van der Waals surface area contributed by atoms with Crippen LogP contribution in [0.3, 0.4) is 0 Å². The first-order valence-electron chi connectivity index (χ1n) is 8.49. The van der Waals surface area contributed by atoms with Crippen molar-refractivity contribution in [2.24, 2.45) is 0 Å². The normalized spacial score (nSPS) is 27.2. The van der Waals surface area contributed by atoms with Crippen LogP contribution in [0.5, 0.6) is 0 Å². The van der Waals surface area contributed by atoms with Crippen LogP contribution in [-0.2, 0) is 0 Å². The molecule has 2 saturated heterocycles. The molecule has 0 aliphatic carbocycles. The molecule has 2 rings (SSSR count). The van der Waals surface area contributed by atoms with Crippen LogP contribution in [0.4, 0.5) is 0 Å². The van der Waals surface area contributed by atoms with Crippen molar-refractivity contribution in [3.05, 3.63) is 0 Å². The molecule has 0 saturated carbocycles. The molecular weight excluding hydrogens is 234 g/mol. The lowest BCUT2D eigenvalue weighted by molar-refractivity contribution is 0.230. The summed E-state index contributed by atoms with van der Waals surface area (Å²) in [6.07, 6.45) is 8.18. The zero-order chi connectivity index (χ0) is 13.5. The van der Waals surface area contributed by atoms with Crippen LogP contribution in [0.15, 0.2) is 0 Å². The van der Waals surface area contributed by atoms with E-state index >= 15 is 0 Å². The standard InChI is InChI=1S/C16H33N3/c1-3-9-17-15(2)7-6-10-18-13-8-16(14-18)19-11-4-5-12-19/h15-17H,3-14H2,1-2H3. The van der Waals surface area contributed by atoms with Crippen molar-refractivity contribution in [1.82, 2.24) is 15.1 Å². The maximum Gasteiger partial charge on any atom is 0.0235 e. The summed E-state index contributed by atoms with van der Waals surface area (Å²) >= 11 is 0. The summed E-state index contributed by atoms with van der Waals surface area (Å²) in [5, 5.41) is 3.58. The van der Waals surface area contributed by atoms with Crippen LogP contribution in [0.1, 0.15) is 52.4 Å². The quantitative estimate of drug-likeness (QED) is 0.728. The Hall–Kier alpha value is -0.120. The molecule has 0 aromatic heterocycles. The average molecular weight is 267 g/mol. The number of nitrogens with one attached hydrogen (secondary N) is 1. The van der Waals surface area contributed by atoms with E-state index in [1.54, 1.807) is 0 Å². The lowest BCUT2D eigenvalue weighted by Crippen LogP contribution is -2.35. The molecule has 112 valence electrons. The van der Waals surface area contributed by atoms with E-state index in [0.29, 0.717) is 6.04 Å². The molecule has 0 aromatic rings. The second-order valence-corrected chi connectivity index (χ2v) is 6.48. The van der Waals surface area contributed by atoms with Crippen molar-refractivity contribution >= 4 is 0 Å². The third kappa shape index (κ3) is 5.05. The molecule has 0 bridgehead atoms. The lowest BCUT2D eigenvalue weighted by atomic mass is 10.1. The second-order valence-electron chi connectivity index (χ2n) is 6.48. The Morgan fingerprint density at radius 1 is 1.21 bits per heavy atom. The minimum absolute atomic E-state index is 0.692. The van der Waals surface area contributed by atoms with Crippen molar-refractivity contribution in [3.8, 4) is 0 Å². The Morgan fingerprint density at radius 3 is 2.74 bits per heavy atom. The average Bonchev–Trinajstić information content (AvgIpc) is 3.06. The van der Waals surface area contributed by atoms with Gasteiger partial charge in [0.15, 0.2) is 0 Å². The second kappa shape index (κ2) is 8.23. The fraction of sp³-hybridized carbons (Fsp3) is 1.00. The molecular formula is C16H33N3. The molecule has 2 unspecified atom stereocenters. The van der Waals surface area contributed by atoms with Gasteiger partial charge < -0.3 is 10.2 Å². The topological polar surface area (TPSA) is 18.5 Å². The summed E-state index contributed by atoms with van der Waals surface area (Å²) < 4.78 is 0. The fourth-order valence-electron chi connectivity index (χ4n) is 3.53. The Morgan fingerprint density at radius 2 is 2.00 bits per heavy atom. The Labute approximate surface area is 119 Å². The van der Waals surface area contributed by atoms with Gasteiger partial charge in [0.2, 0.25) is 0 Å². The van der Waals surface area contributed by atoms with Crippen molar-refractivity contribution in [3.63, 3.8) is 0 Å². The van der Waals surface area contributed by atoms with Crippen molar-refractivity contribution in [2.75, 3.05) is 39.3 Å². The molecule has 0 aromatic carbocycles. The van der Waals surface area contributed by atoms with Crippen LogP contribution in [-0.4, -0.2) is 61.2 Å². The minimum Gasteiger partial charge on any atom is -0.314 e. The van der Waals surface area contributed by atoms with Gasteiger partial charge in [-0.1, -0.05) is 6.92 Å². The molecule has 19 heavy (non-hydrogen) atoms. The molecule has 0 spiro atoms. The van der Waals surface area contributed by atoms with Gasteiger partial charge in [-0.25, -0.2) is 0 Å². The van der Waals surface area contributed by atoms with E-state index in [9.17, 15) is 0 Å². The molecule has 0 amide bonds. The van der Waals surface area contributed by atoms with E-state index in [4.69, 9.17) is 0 Å². The van der Waals surface area contributed by atoms with Gasteiger partial charge in [-0.2, -0.15) is 0 Å². The summed E-state index contributed by atoms with van der Waals surface area (Å²) in [7, 11) is 0. The van der Waals surface area contributed by atoms with Gasteiger partial charge in [0.25, 0.3) is 0 Å². The predicted molar refractivity (Wildman–Crippen MR) is 82.6 cm³/mol. The van der Waals surface area contributed by atoms with E-state index < -0.39 is 0 Å². The zero-order valence-corrected chi connectivity index (χ0v) is 13.0. The maximum atomic E-state index is 3.58. The highest BCUT2D eigenvalue weighted by atomic mass is 15.3. The van der Waals surface area contributed by atoms with Gasteiger partial charge in [0, 0.05) is 18.6 Å². The van der Waals surface area contributed by atoms with Crippen molar-refractivity contribution < 1.29 is 0 Å². The summed E-state index contributed by atoms with van der Waals surface area (Å²) in [4.78, 5) is 5.42. The van der Waals surface area contributed by atoms with Gasteiger partial charge in [0.1, 0.15) is 0 Å². The molecule has 2 fully saturated rings. The monoisotopic (exact) mass is 267 g/mol. The number of hydrogen-bond acceptors (Lipinski definition) is 3. The smallest absolute Gasteiger partial charge is 0.0235 e. The largest absolute Gasteiger partial charge is 0.314 e. The first-order chi connectivity index (χ1) is 9.29. The van der Waals surface area contributed by atoms with Gasteiger partial charge >= 0.3 is 0 Å². The summed E-state index contributed by atoms with van der Waals surface area (Å²) in [5.74, 6) is 0. The van der Waals surface area contributed by atoms with E-state index in [1.807, 2.05) is 0 Å². The summed E-state index contributed by atoms with van der Waals surface area (Å²) in [5.41, 5.74) is 0. The fourth-order valence-corrected chi connectivity index (χ4v) is 3.53. The highest BCUT2D eigenvalue weighted by Crippen LogP contribution is 2.20. The maximum absolute atomic E-state index is 3.58. The molecule has 2 aliphatic rings. The third-order valence-corrected chi connectivity index (χ3v) is 4.76. The van der Waals surface area contributed by atoms with E-state index in [2.05, 4.69) is 29.0 Å². The van der Waals surface area contributed by atoms with E-state index in [-0.39, 0.29) is 0 Å². The molecule has 3 heteroatoms. The van der Waals surface area contributed by atoms with Crippen molar-refractivity contribution in [1.29, 1.82) is 0 Å². The highest BCUT2D eigenvalue weighted by Gasteiger charge is 2.28. The Kier molecular flexibility index (Phi) is 6.62. The number of hydrogen-bond donors (Lipinski definition) is 1.